The predicted octanol–water partition coefficient (Wildman–Crippen LogP) is 3.98. The van der Waals surface area contributed by atoms with E-state index < -0.39 is 0 Å². The smallest absolute Gasteiger partial charge is 0.222 e. The van der Waals surface area contributed by atoms with Gasteiger partial charge in [0.1, 0.15) is 11.6 Å². The monoisotopic (exact) mass is 389 g/mol. The van der Waals surface area contributed by atoms with Gasteiger partial charge in [-0.15, -0.1) is 0 Å². The molecule has 0 atom stereocenters. The van der Waals surface area contributed by atoms with E-state index in [0.717, 1.165) is 43.9 Å². The lowest BCUT2D eigenvalue weighted by Gasteiger charge is -2.32. The summed E-state index contributed by atoms with van der Waals surface area (Å²) < 4.78 is 2.24. The van der Waals surface area contributed by atoms with Gasteiger partial charge < -0.3 is 14.6 Å². The van der Waals surface area contributed by atoms with Crippen LogP contribution in [0, 0.1) is 0 Å². The van der Waals surface area contributed by atoms with Crippen LogP contribution in [-0.2, 0) is 17.8 Å². The van der Waals surface area contributed by atoms with Crippen LogP contribution in [0.4, 0.5) is 0 Å². The van der Waals surface area contributed by atoms with E-state index in [9.17, 15) is 9.90 Å². The van der Waals surface area contributed by atoms with Crippen molar-refractivity contribution in [2.24, 2.45) is 0 Å². The van der Waals surface area contributed by atoms with Crippen LogP contribution in [0.5, 0.6) is 5.75 Å². The number of hydrogen-bond acceptors (Lipinski definition) is 3. The molecule has 1 amide bonds. The highest BCUT2D eigenvalue weighted by Gasteiger charge is 2.26. The molecule has 0 saturated carbocycles. The average molecular weight is 389 g/mol. The second-order valence-corrected chi connectivity index (χ2v) is 7.72. The van der Waals surface area contributed by atoms with E-state index in [-0.39, 0.29) is 11.7 Å². The number of aromatic hydroxyl groups is 1. The lowest BCUT2D eigenvalue weighted by atomic mass is 9.95. The normalized spacial score (nSPS) is 14.8. The highest BCUT2D eigenvalue weighted by Crippen LogP contribution is 2.28. The first-order chi connectivity index (χ1) is 14.2. The van der Waals surface area contributed by atoms with E-state index in [0.29, 0.717) is 18.8 Å². The molecule has 3 aromatic rings. The molecule has 1 fully saturated rings. The Labute approximate surface area is 171 Å². The van der Waals surface area contributed by atoms with Gasteiger partial charge in [0.05, 0.1) is 0 Å². The van der Waals surface area contributed by atoms with Crippen LogP contribution in [0.1, 0.15) is 42.1 Å². The van der Waals surface area contributed by atoms with Crippen LogP contribution in [0.25, 0.3) is 0 Å². The number of amides is 1. The quantitative estimate of drug-likeness (QED) is 0.694. The molecule has 29 heavy (non-hydrogen) atoms. The van der Waals surface area contributed by atoms with Gasteiger partial charge in [-0.05, 0) is 42.5 Å². The minimum Gasteiger partial charge on any atom is -0.508 e. The Morgan fingerprint density at radius 1 is 1.00 bits per heavy atom. The summed E-state index contributed by atoms with van der Waals surface area (Å²) in [5.41, 5.74) is 2.35. The highest BCUT2D eigenvalue weighted by atomic mass is 16.3. The van der Waals surface area contributed by atoms with Crippen molar-refractivity contribution >= 4 is 5.91 Å². The molecule has 0 aliphatic carbocycles. The third kappa shape index (κ3) is 4.86. The van der Waals surface area contributed by atoms with E-state index in [1.165, 1.54) is 5.56 Å². The largest absolute Gasteiger partial charge is 0.508 e. The van der Waals surface area contributed by atoms with Gasteiger partial charge in [-0.1, -0.05) is 42.5 Å². The number of aromatic nitrogens is 2. The van der Waals surface area contributed by atoms with Crippen molar-refractivity contribution < 1.29 is 9.90 Å². The third-order valence-corrected chi connectivity index (χ3v) is 5.72. The Balaban J connectivity index is 1.30. The zero-order valence-corrected chi connectivity index (χ0v) is 16.6. The summed E-state index contributed by atoms with van der Waals surface area (Å²) in [6.07, 6.45) is 7.07. The van der Waals surface area contributed by atoms with Crippen molar-refractivity contribution in [1.82, 2.24) is 14.5 Å². The van der Waals surface area contributed by atoms with Crippen LogP contribution in [0.15, 0.2) is 67.0 Å². The first kappa shape index (κ1) is 19.2. The summed E-state index contributed by atoms with van der Waals surface area (Å²) in [6, 6.07) is 17.5. The lowest BCUT2D eigenvalue weighted by molar-refractivity contribution is -0.132. The van der Waals surface area contributed by atoms with E-state index in [1.54, 1.807) is 12.1 Å². The second kappa shape index (κ2) is 8.95. The Kier molecular flexibility index (Phi) is 5.94. The number of imidazole rings is 1. The molecule has 150 valence electrons. The molecule has 1 aliphatic rings. The van der Waals surface area contributed by atoms with Gasteiger partial charge in [-0.25, -0.2) is 4.98 Å². The number of nitrogens with zero attached hydrogens (tertiary/aromatic N) is 3. The summed E-state index contributed by atoms with van der Waals surface area (Å²) in [5, 5.41) is 9.36. The number of carbonyl (C=O) groups excluding carboxylic acids is 1. The van der Waals surface area contributed by atoms with Crippen molar-refractivity contribution in [3.05, 3.63) is 83.9 Å². The van der Waals surface area contributed by atoms with E-state index in [1.807, 2.05) is 29.3 Å². The fourth-order valence-corrected chi connectivity index (χ4v) is 4.05. The summed E-state index contributed by atoms with van der Waals surface area (Å²) >= 11 is 0. The van der Waals surface area contributed by atoms with Gasteiger partial charge in [-0.3, -0.25) is 4.79 Å². The van der Waals surface area contributed by atoms with E-state index in [4.69, 9.17) is 0 Å². The number of carbonyl (C=O) groups is 1. The van der Waals surface area contributed by atoms with Gasteiger partial charge >= 0.3 is 0 Å². The predicted molar refractivity (Wildman–Crippen MR) is 113 cm³/mol. The number of phenols is 1. The highest BCUT2D eigenvalue weighted by molar-refractivity contribution is 5.76. The van der Waals surface area contributed by atoms with Crippen molar-refractivity contribution in [2.45, 2.75) is 38.1 Å². The van der Waals surface area contributed by atoms with Crippen molar-refractivity contribution in [1.29, 1.82) is 0 Å². The molecular formula is C24H27N3O2. The van der Waals surface area contributed by atoms with Crippen molar-refractivity contribution in [3.63, 3.8) is 0 Å². The minimum absolute atomic E-state index is 0.212. The zero-order valence-electron chi connectivity index (χ0n) is 16.6. The molecule has 1 aliphatic heterocycles. The number of likely N-dealkylation sites (tertiary alicyclic amines) is 1. The van der Waals surface area contributed by atoms with Crippen LogP contribution in [-0.4, -0.2) is 38.6 Å². The van der Waals surface area contributed by atoms with E-state index >= 15 is 0 Å². The molecule has 0 spiro atoms. The SMILES string of the molecule is O=C(CCc1ccc(O)cc1)N1CCC(c2nccn2Cc2ccccc2)CC1. The van der Waals surface area contributed by atoms with Crippen LogP contribution < -0.4 is 0 Å². The van der Waals surface area contributed by atoms with Crippen molar-refractivity contribution in [2.75, 3.05) is 13.1 Å². The summed E-state index contributed by atoms with van der Waals surface area (Å²) in [7, 11) is 0. The van der Waals surface area contributed by atoms with Gasteiger partial charge in [0.2, 0.25) is 5.91 Å². The fraction of sp³-hybridized carbons (Fsp3) is 0.333. The number of benzene rings is 2. The van der Waals surface area contributed by atoms with Crippen LogP contribution >= 0.6 is 0 Å². The fourth-order valence-electron chi connectivity index (χ4n) is 4.05. The topological polar surface area (TPSA) is 58.4 Å². The van der Waals surface area contributed by atoms with Crippen molar-refractivity contribution in [3.8, 4) is 5.75 Å². The molecule has 0 unspecified atom stereocenters. The number of aryl methyl sites for hydroxylation is 1. The molecule has 2 heterocycles. The second-order valence-electron chi connectivity index (χ2n) is 7.72. The van der Waals surface area contributed by atoms with E-state index in [2.05, 4.69) is 40.0 Å². The molecule has 4 rings (SSSR count). The average Bonchev–Trinajstić information content (AvgIpc) is 3.22. The molecule has 0 radical (unpaired) electrons. The number of hydrogen-bond donors (Lipinski definition) is 1. The Morgan fingerprint density at radius 3 is 2.45 bits per heavy atom. The third-order valence-electron chi connectivity index (χ3n) is 5.72. The van der Waals surface area contributed by atoms with Crippen LogP contribution in [0.2, 0.25) is 0 Å². The Bertz CT molecular complexity index is 926. The van der Waals surface area contributed by atoms with Gasteiger partial charge in [0.25, 0.3) is 0 Å². The standard InChI is InChI=1S/C24H27N3O2/c28-22-9-6-19(7-10-22)8-11-23(29)26-15-12-21(13-16-26)24-25-14-17-27(24)18-20-4-2-1-3-5-20/h1-7,9-10,14,17,21,28H,8,11-13,15-16,18H2. The molecule has 1 aromatic heterocycles. The van der Waals surface area contributed by atoms with Gasteiger partial charge in [-0.2, -0.15) is 0 Å². The van der Waals surface area contributed by atoms with Gasteiger partial charge in [0, 0.05) is 44.4 Å². The maximum Gasteiger partial charge on any atom is 0.222 e. The lowest BCUT2D eigenvalue weighted by Crippen LogP contribution is -2.38. The number of phenolic OH excluding ortho intramolecular Hbond substituents is 1. The maximum absolute atomic E-state index is 12.6. The molecule has 0 bridgehead atoms. The zero-order chi connectivity index (χ0) is 20.1. The van der Waals surface area contributed by atoms with Gasteiger partial charge in [0.15, 0.2) is 0 Å². The summed E-state index contributed by atoms with van der Waals surface area (Å²) in [4.78, 5) is 19.2. The molecule has 1 N–H and O–H groups in total. The molecule has 2 aromatic carbocycles. The Morgan fingerprint density at radius 2 is 1.72 bits per heavy atom. The maximum atomic E-state index is 12.6. The minimum atomic E-state index is 0.212. The summed E-state index contributed by atoms with van der Waals surface area (Å²) in [5.74, 6) is 2.00. The number of piperidine rings is 1. The molecule has 5 heteroatoms. The first-order valence-electron chi connectivity index (χ1n) is 10.3. The Hall–Kier alpha value is -3.08. The molecular weight excluding hydrogens is 362 g/mol. The van der Waals surface area contributed by atoms with Crippen LogP contribution in [0.3, 0.4) is 0 Å². The first-order valence-corrected chi connectivity index (χ1v) is 10.3. The molecule has 1 saturated heterocycles. The number of rotatable bonds is 6. The molecule has 5 nitrogen and oxygen atoms in total. The summed E-state index contributed by atoms with van der Waals surface area (Å²) in [6.45, 7) is 2.41.